The number of anilines is 1. The van der Waals surface area contributed by atoms with Gasteiger partial charge < -0.3 is 10.2 Å². The van der Waals surface area contributed by atoms with Crippen molar-refractivity contribution in [1.82, 2.24) is 30.0 Å². The lowest BCUT2D eigenvalue weighted by molar-refractivity contribution is 0.0954. The molecule has 0 saturated heterocycles. The van der Waals surface area contributed by atoms with Gasteiger partial charge in [-0.15, -0.1) is 0 Å². The molecule has 2 aromatic heterocycles. The number of amides is 1. The summed E-state index contributed by atoms with van der Waals surface area (Å²) in [6, 6.07) is 9.13. The highest BCUT2D eigenvalue weighted by atomic mass is 16.2. The van der Waals surface area contributed by atoms with E-state index in [2.05, 4.69) is 25.5 Å². The summed E-state index contributed by atoms with van der Waals surface area (Å²) in [6.45, 7) is 0.374. The van der Waals surface area contributed by atoms with Gasteiger partial charge in [0.25, 0.3) is 5.91 Å². The normalized spacial score (nSPS) is 10.6. The summed E-state index contributed by atoms with van der Waals surface area (Å²) in [5, 5.41) is 9.13. The molecule has 140 valence electrons. The fourth-order valence-corrected chi connectivity index (χ4v) is 2.56. The van der Waals surface area contributed by atoms with Crippen molar-refractivity contribution in [2.75, 3.05) is 25.5 Å². The number of H-pyrrole nitrogens is 1. The molecule has 0 saturated carbocycles. The van der Waals surface area contributed by atoms with E-state index in [1.54, 1.807) is 19.2 Å². The maximum absolute atomic E-state index is 12.4. The van der Waals surface area contributed by atoms with Crippen LogP contribution < -0.4 is 15.9 Å². The third kappa shape index (κ3) is 4.20. The first-order valence-corrected chi connectivity index (χ1v) is 8.44. The minimum Gasteiger partial charge on any atom is -0.363 e. The van der Waals surface area contributed by atoms with Gasteiger partial charge in [-0.3, -0.25) is 9.36 Å². The molecular formula is C18H21N7O2. The van der Waals surface area contributed by atoms with Gasteiger partial charge in [0.05, 0.1) is 5.69 Å². The average molecular weight is 367 g/mol. The zero-order valence-corrected chi connectivity index (χ0v) is 15.4. The quantitative estimate of drug-likeness (QED) is 0.661. The van der Waals surface area contributed by atoms with Crippen LogP contribution in [0.25, 0.3) is 11.3 Å². The smallest absolute Gasteiger partial charge is 0.343 e. The van der Waals surface area contributed by atoms with Crippen LogP contribution in [0.3, 0.4) is 0 Å². The zero-order chi connectivity index (χ0) is 19.4. The van der Waals surface area contributed by atoms with Gasteiger partial charge in [0.2, 0.25) is 0 Å². The molecule has 0 unspecified atom stereocenters. The Labute approximate surface area is 156 Å². The highest BCUT2D eigenvalue weighted by molar-refractivity contribution is 5.95. The molecule has 27 heavy (non-hydrogen) atoms. The van der Waals surface area contributed by atoms with Crippen molar-refractivity contribution in [2.24, 2.45) is 7.05 Å². The fourth-order valence-electron chi connectivity index (χ4n) is 2.56. The topological polar surface area (TPSA) is 109 Å². The van der Waals surface area contributed by atoms with Crippen molar-refractivity contribution in [3.63, 3.8) is 0 Å². The third-order valence-corrected chi connectivity index (χ3v) is 4.14. The van der Waals surface area contributed by atoms with Crippen LogP contribution >= 0.6 is 0 Å². The predicted octanol–water partition coefficient (Wildman–Crippen LogP) is 0.604. The van der Waals surface area contributed by atoms with Gasteiger partial charge in [0.15, 0.2) is 0 Å². The molecule has 9 nitrogen and oxygen atoms in total. The molecular weight excluding hydrogens is 346 g/mol. The van der Waals surface area contributed by atoms with Crippen molar-refractivity contribution in [1.29, 1.82) is 0 Å². The molecule has 1 amide bonds. The predicted molar refractivity (Wildman–Crippen MR) is 102 cm³/mol. The lowest BCUT2D eigenvalue weighted by Crippen LogP contribution is -2.27. The molecule has 3 aromatic rings. The number of nitrogens with zero attached hydrogens (tertiary/aromatic N) is 5. The van der Waals surface area contributed by atoms with Gasteiger partial charge in [-0.05, 0) is 12.1 Å². The summed E-state index contributed by atoms with van der Waals surface area (Å²) in [6.07, 6.45) is 1.96. The van der Waals surface area contributed by atoms with E-state index in [-0.39, 0.29) is 11.6 Å². The van der Waals surface area contributed by atoms with Gasteiger partial charge in [0, 0.05) is 51.3 Å². The van der Waals surface area contributed by atoms with Crippen molar-refractivity contribution < 1.29 is 4.79 Å². The van der Waals surface area contributed by atoms with Gasteiger partial charge in [-0.2, -0.15) is 5.10 Å². The number of benzene rings is 1. The Morgan fingerprint density at radius 2 is 2.07 bits per heavy atom. The van der Waals surface area contributed by atoms with E-state index in [1.165, 1.54) is 10.9 Å². The number of aromatic nitrogens is 5. The van der Waals surface area contributed by atoms with Crippen LogP contribution in [0.5, 0.6) is 0 Å². The molecule has 0 bridgehead atoms. The molecule has 3 rings (SSSR count). The molecule has 0 fully saturated rings. The van der Waals surface area contributed by atoms with Gasteiger partial charge in [0.1, 0.15) is 18.0 Å². The number of hydrogen-bond donors (Lipinski definition) is 2. The monoisotopic (exact) mass is 367 g/mol. The van der Waals surface area contributed by atoms with E-state index in [1.807, 2.05) is 37.2 Å². The minimum absolute atomic E-state index is 0.195. The van der Waals surface area contributed by atoms with Crippen molar-refractivity contribution in [2.45, 2.75) is 6.42 Å². The number of carbonyl (C=O) groups excluding carboxylic acids is 1. The van der Waals surface area contributed by atoms with E-state index in [4.69, 9.17) is 0 Å². The Morgan fingerprint density at radius 3 is 2.78 bits per heavy atom. The first-order valence-electron chi connectivity index (χ1n) is 8.44. The van der Waals surface area contributed by atoms with E-state index in [0.29, 0.717) is 24.4 Å². The van der Waals surface area contributed by atoms with Crippen LogP contribution in [0.15, 0.2) is 41.5 Å². The summed E-state index contributed by atoms with van der Waals surface area (Å²) in [5.74, 6) is 1.19. The number of aromatic amines is 1. The lowest BCUT2D eigenvalue weighted by Gasteiger charge is -2.12. The number of carbonyl (C=O) groups is 1. The molecule has 0 spiro atoms. The van der Waals surface area contributed by atoms with Gasteiger partial charge in [-0.1, -0.05) is 12.1 Å². The molecule has 0 aliphatic heterocycles. The van der Waals surface area contributed by atoms with E-state index in [0.717, 1.165) is 17.1 Å². The van der Waals surface area contributed by atoms with Crippen LogP contribution in [0.1, 0.15) is 16.2 Å². The number of rotatable bonds is 6. The molecule has 0 aliphatic rings. The highest BCUT2D eigenvalue weighted by Gasteiger charge is 2.10. The van der Waals surface area contributed by atoms with Crippen molar-refractivity contribution in [3.05, 3.63) is 58.5 Å². The first-order chi connectivity index (χ1) is 13.0. The Hall–Kier alpha value is -3.49. The molecule has 1 aromatic carbocycles. The second-order valence-electron chi connectivity index (χ2n) is 6.25. The Kier molecular flexibility index (Phi) is 5.30. The third-order valence-electron chi connectivity index (χ3n) is 4.14. The van der Waals surface area contributed by atoms with E-state index < -0.39 is 0 Å². The van der Waals surface area contributed by atoms with Crippen LogP contribution in [-0.2, 0) is 13.5 Å². The Morgan fingerprint density at radius 1 is 1.26 bits per heavy atom. The zero-order valence-electron chi connectivity index (χ0n) is 15.4. The largest absolute Gasteiger partial charge is 0.363 e. The number of nitrogens with one attached hydrogen (secondary N) is 2. The van der Waals surface area contributed by atoms with Gasteiger partial charge >= 0.3 is 5.69 Å². The van der Waals surface area contributed by atoms with Crippen LogP contribution in [0.4, 0.5) is 5.82 Å². The highest BCUT2D eigenvalue weighted by Crippen LogP contribution is 2.20. The molecule has 0 radical (unpaired) electrons. The average Bonchev–Trinajstić information content (AvgIpc) is 3.00. The second kappa shape index (κ2) is 7.81. The van der Waals surface area contributed by atoms with E-state index in [9.17, 15) is 9.59 Å². The maximum Gasteiger partial charge on any atom is 0.343 e. The van der Waals surface area contributed by atoms with Gasteiger partial charge in [-0.25, -0.2) is 19.9 Å². The summed E-state index contributed by atoms with van der Waals surface area (Å²) in [5.41, 5.74) is 1.84. The summed E-state index contributed by atoms with van der Waals surface area (Å²) in [4.78, 5) is 34.2. The molecule has 2 N–H and O–H groups in total. The van der Waals surface area contributed by atoms with Crippen molar-refractivity contribution in [3.8, 4) is 11.3 Å². The van der Waals surface area contributed by atoms with Crippen LogP contribution in [0, 0.1) is 0 Å². The lowest BCUT2D eigenvalue weighted by atomic mass is 10.1. The van der Waals surface area contributed by atoms with Crippen LogP contribution in [-0.4, -0.2) is 51.3 Å². The summed E-state index contributed by atoms with van der Waals surface area (Å²) >= 11 is 0. The summed E-state index contributed by atoms with van der Waals surface area (Å²) < 4.78 is 1.42. The Balaban J connectivity index is 1.69. The SMILES string of the molecule is CN(C)c1cc(-c2cccc(C(=O)NCCc3n[nH]c(=O)n3C)c2)ncn1. The molecule has 9 heteroatoms. The molecule has 0 aliphatic carbocycles. The fraction of sp³-hybridized carbons (Fsp3) is 0.278. The van der Waals surface area contributed by atoms with Crippen LogP contribution in [0.2, 0.25) is 0 Å². The Bertz CT molecular complexity index is 1010. The first kappa shape index (κ1) is 18.3. The van der Waals surface area contributed by atoms with E-state index >= 15 is 0 Å². The maximum atomic E-state index is 12.4. The standard InChI is InChI=1S/C18H21N7O2/c1-24(2)16-10-14(20-11-21-16)12-5-4-6-13(9-12)17(26)19-8-7-15-22-23-18(27)25(15)3/h4-6,9-11H,7-8H2,1-3H3,(H,19,26)(H,23,27). The summed E-state index contributed by atoms with van der Waals surface area (Å²) in [7, 11) is 5.45. The number of hydrogen-bond acceptors (Lipinski definition) is 6. The molecule has 2 heterocycles. The molecule has 0 atom stereocenters. The van der Waals surface area contributed by atoms with Crippen molar-refractivity contribution >= 4 is 11.7 Å². The minimum atomic E-state index is -0.272. The second-order valence-corrected chi connectivity index (χ2v) is 6.25.